The molecule has 7 heteroatoms. The fraction of sp³-hybridized carbons (Fsp3) is 0.312. The van der Waals surface area contributed by atoms with E-state index in [1.165, 1.54) is 18.2 Å². The predicted molar refractivity (Wildman–Crippen MR) is 83.8 cm³/mol. The Bertz CT molecular complexity index is 784. The zero-order chi connectivity index (χ0) is 16.0. The van der Waals surface area contributed by atoms with Crippen LogP contribution in [0.15, 0.2) is 30.7 Å². The van der Waals surface area contributed by atoms with Crippen LogP contribution in [0.5, 0.6) is 0 Å². The van der Waals surface area contributed by atoms with Crippen LogP contribution in [-0.4, -0.2) is 26.9 Å². The third kappa shape index (κ3) is 2.43. The Balaban J connectivity index is 1.59. The number of benzene rings is 1. The van der Waals surface area contributed by atoms with Gasteiger partial charge in [-0.1, -0.05) is 11.6 Å². The van der Waals surface area contributed by atoms with Crippen molar-refractivity contribution >= 4 is 23.3 Å². The number of carbonyl (C=O) groups is 1. The highest BCUT2D eigenvalue weighted by Gasteiger charge is 2.43. The van der Waals surface area contributed by atoms with Gasteiger partial charge >= 0.3 is 6.03 Å². The van der Waals surface area contributed by atoms with Crippen LogP contribution in [0.1, 0.15) is 30.1 Å². The lowest BCUT2D eigenvalue weighted by molar-refractivity contribution is 0.178. The summed E-state index contributed by atoms with van der Waals surface area (Å²) in [7, 11) is 0. The van der Waals surface area contributed by atoms with Gasteiger partial charge in [-0.2, -0.15) is 0 Å². The summed E-state index contributed by atoms with van der Waals surface area (Å²) in [4.78, 5) is 22.9. The molecule has 0 saturated carbocycles. The van der Waals surface area contributed by atoms with Crippen LogP contribution in [0.2, 0.25) is 5.02 Å². The van der Waals surface area contributed by atoms with Crippen molar-refractivity contribution < 1.29 is 9.18 Å². The van der Waals surface area contributed by atoms with Crippen LogP contribution in [0.4, 0.5) is 14.9 Å². The maximum atomic E-state index is 13.2. The summed E-state index contributed by atoms with van der Waals surface area (Å²) in [6.07, 6.45) is 5.94. The molecule has 4 rings (SSSR count). The van der Waals surface area contributed by atoms with Gasteiger partial charge in [-0.25, -0.2) is 19.2 Å². The van der Waals surface area contributed by atoms with Crippen molar-refractivity contribution in [1.82, 2.24) is 14.9 Å². The predicted octanol–water partition coefficient (Wildman–Crippen LogP) is 3.56. The van der Waals surface area contributed by atoms with Gasteiger partial charge in [-0.05, 0) is 31.0 Å². The molecule has 2 aromatic rings. The van der Waals surface area contributed by atoms with Crippen molar-refractivity contribution in [3.05, 3.63) is 52.8 Å². The molecule has 2 unspecified atom stereocenters. The average molecular weight is 333 g/mol. The fourth-order valence-electron chi connectivity index (χ4n) is 3.50. The summed E-state index contributed by atoms with van der Waals surface area (Å²) in [5.74, 6) is -0.506. The second-order valence-corrected chi connectivity index (χ2v) is 6.25. The van der Waals surface area contributed by atoms with E-state index < -0.39 is 5.82 Å². The summed E-state index contributed by atoms with van der Waals surface area (Å²) in [5, 5.41) is 2.80. The number of hydrogen-bond acceptors (Lipinski definition) is 3. The van der Waals surface area contributed by atoms with Crippen molar-refractivity contribution in [1.29, 1.82) is 0 Å². The van der Waals surface area contributed by atoms with Crippen LogP contribution in [0, 0.1) is 5.82 Å². The number of aromatic nitrogens is 2. The van der Waals surface area contributed by atoms with E-state index in [1.54, 1.807) is 12.5 Å². The zero-order valence-corrected chi connectivity index (χ0v) is 12.9. The maximum Gasteiger partial charge on any atom is 0.322 e. The molecule has 2 atom stereocenters. The van der Waals surface area contributed by atoms with Gasteiger partial charge in [0.15, 0.2) is 0 Å². The Morgan fingerprint density at radius 2 is 2.26 bits per heavy atom. The lowest BCUT2D eigenvalue weighted by Gasteiger charge is -2.35. The minimum absolute atomic E-state index is 0.000806. The molecular formula is C16H14ClFN4O. The first-order valence-corrected chi connectivity index (χ1v) is 7.84. The maximum absolute atomic E-state index is 13.2. The molecule has 1 fully saturated rings. The Morgan fingerprint density at radius 1 is 1.39 bits per heavy atom. The number of halogens is 2. The number of fused-ring (bicyclic) bond motifs is 4. The lowest BCUT2D eigenvalue weighted by atomic mass is 10.00. The molecule has 1 saturated heterocycles. The Hall–Kier alpha value is -2.21. The summed E-state index contributed by atoms with van der Waals surface area (Å²) >= 11 is 5.76. The van der Waals surface area contributed by atoms with Crippen molar-refractivity contribution in [2.75, 3.05) is 5.32 Å². The van der Waals surface area contributed by atoms with Gasteiger partial charge in [-0.3, -0.25) is 0 Å². The van der Waals surface area contributed by atoms with Crippen LogP contribution >= 0.6 is 11.6 Å². The quantitative estimate of drug-likeness (QED) is 0.868. The number of rotatable bonds is 1. The molecule has 0 aliphatic carbocycles. The first kappa shape index (κ1) is 14.4. The summed E-state index contributed by atoms with van der Waals surface area (Å²) in [6, 6.07) is 4.10. The molecule has 2 aliphatic rings. The summed E-state index contributed by atoms with van der Waals surface area (Å²) in [5.41, 5.74) is 2.53. The van der Waals surface area contributed by atoms with Gasteiger partial charge < -0.3 is 10.2 Å². The van der Waals surface area contributed by atoms with E-state index in [0.717, 1.165) is 30.5 Å². The molecule has 118 valence electrons. The molecule has 2 amide bonds. The molecule has 3 heterocycles. The van der Waals surface area contributed by atoms with Gasteiger partial charge in [0.2, 0.25) is 0 Å². The molecule has 0 radical (unpaired) electrons. The van der Waals surface area contributed by atoms with Crippen LogP contribution in [0.3, 0.4) is 0 Å². The highest BCUT2D eigenvalue weighted by molar-refractivity contribution is 6.31. The molecule has 2 aliphatic heterocycles. The molecule has 1 N–H and O–H groups in total. The number of amides is 2. The van der Waals surface area contributed by atoms with Crippen molar-refractivity contribution in [2.24, 2.45) is 0 Å². The molecule has 5 nitrogen and oxygen atoms in total. The number of carbonyl (C=O) groups excluding carboxylic acids is 1. The molecule has 1 aromatic carbocycles. The van der Waals surface area contributed by atoms with Crippen molar-refractivity contribution in [3.8, 4) is 0 Å². The van der Waals surface area contributed by atoms with Crippen LogP contribution in [0.25, 0.3) is 0 Å². The molecule has 0 spiro atoms. The van der Waals surface area contributed by atoms with Gasteiger partial charge in [0, 0.05) is 29.9 Å². The highest BCUT2D eigenvalue weighted by Crippen LogP contribution is 2.42. The number of nitrogens with zero attached hydrogens (tertiary/aromatic N) is 3. The first-order chi connectivity index (χ1) is 11.1. The van der Waals surface area contributed by atoms with E-state index in [4.69, 9.17) is 11.6 Å². The van der Waals surface area contributed by atoms with Crippen LogP contribution in [-0.2, 0) is 6.42 Å². The third-order valence-corrected chi connectivity index (χ3v) is 4.81. The SMILES string of the molecule is O=C(Nc1ccc(F)c(Cl)c1)N1C2CCC1c1cncnc1C2. The van der Waals surface area contributed by atoms with E-state index in [9.17, 15) is 9.18 Å². The number of urea groups is 1. The fourth-order valence-corrected chi connectivity index (χ4v) is 3.68. The Morgan fingerprint density at radius 3 is 3.09 bits per heavy atom. The van der Waals surface area contributed by atoms with Gasteiger partial charge in [0.05, 0.1) is 16.8 Å². The van der Waals surface area contributed by atoms with Gasteiger partial charge in [-0.15, -0.1) is 0 Å². The smallest absolute Gasteiger partial charge is 0.314 e. The average Bonchev–Trinajstić information content (AvgIpc) is 2.86. The third-order valence-electron chi connectivity index (χ3n) is 4.52. The molecule has 1 aromatic heterocycles. The number of hydrogen-bond donors (Lipinski definition) is 1. The van der Waals surface area contributed by atoms with Crippen molar-refractivity contribution in [3.63, 3.8) is 0 Å². The summed E-state index contributed by atoms with van der Waals surface area (Å²) < 4.78 is 13.2. The lowest BCUT2D eigenvalue weighted by Crippen LogP contribution is -2.44. The molecule has 23 heavy (non-hydrogen) atoms. The summed E-state index contributed by atoms with van der Waals surface area (Å²) in [6.45, 7) is 0. The first-order valence-electron chi connectivity index (χ1n) is 7.46. The van der Waals surface area contributed by atoms with E-state index in [2.05, 4.69) is 15.3 Å². The largest absolute Gasteiger partial charge is 0.322 e. The minimum Gasteiger partial charge on any atom is -0.314 e. The van der Waals surface area contributed by atoms with E-state index in [0.29, 0.717) is 5.69 Å². The molecule has 2 bridgehead atoms. The topological polar surface area (TPSA) is 58.1 Å². The minimum atomic E-state index is -0.506. The van der Waals surface area contributed by atoms with E-state index in [1.807, 2.05) is 4.90 Å². The monoisotopic (exact) mass is 332 g/mol. The zero-order valence-electron chi connectivity index (χ0n) is 12.2. The highest BCUT2D eigenvalue weighted by atomic mass is 35.5. The van der Waals surface area contributed by atoms with Gasteiger partial charge in [0.25, 0.3) is 0 Å². The normalized spacial score (nSPS) is 21.9. The second-order valence-electron chi connectivity index (χ2n) is 5.84. The van der Waals surface area contributed by atoms with E-state index >= 15 is 0 Å². The Labute approximate surface area is 137 Å². The number of nitrogens with one attached hydrogen (secondary N) is 1. The Kier molecular flexibility index (Phi) is 3.41. The standard InChI is InChI=1S/C16H14ClFN4O/c17-12-5-9(1-3-13(12)18)21-16(23)22-10-2-4-15(22)11-7-19-8-20-14(11)6-10/h1,3,5,7-8,10,15H,2,4,6H2,(H,21,23). The second kappa shape index (κ2) is 5.45. The molecular weight excluding hydrogens is 319 g/mol. The number of anilines is 1. The van der Waals surface area contributed by atoms with Crippen LogP contribution < -0.4 is 5.32 Å². The van der Waals surface area contributed by atoms with E-state index in [-0.39, 0.29) is 23.1 Å². The van der Waals surface area contributed by atoms with Gasteiger partial charge in [0.1, 0.15) is 12.1 Å². The van der Waals surface area contributed by atoms with Crippen molar-refractivity contribution in [2.45, 2.75) is 31.3 Å².